The molecule has 4 rings (SSSR count). The Hall–Kier alpha value is -3.27. The Labute approximate surface area is 176 Å². The van der Waals surface area contributed by atoms with E-state index in [4.69, 9.17) is 0 Å². The number of pyridine rings is 1. The Morgan fingerprint density at radius 3 is 2.45 bits per heavy atom. The molecule has 7 nitrogen and oxygen atoms in total. The summed E-state index contributed by atoms with van der Waals surface area (Å²) < 4.78 is 38.9. The first kappa shape index (κ1) is 21.0. The largest absolute Gasteiger partial charge is 0.433 e. The molecule has 0 aliphatic heterocycles. The number of hydrogen-bond donors (Lipinski definition) is 3. The van der Waals surface area contributed by atoms with Crippen molar-refractivity contribution in [3.05, 3.63) is 53.9 Å². The summed E-state index contributed by atoms with van der Waals surface area (Å²) in [4.78, 5) is 16.5. The van der Waals surface area contributed by atoms with Gasteiger partial charge in [0.1, 0.15) is 5.69 Å². The Kier molecular flexibility index (Phi) is 5.26. The third-order valence-electron chi connectivity index (χ3n) is 4.74. The maximum Gasteiger partial charge on any atom is 0.433 e. The van der Waals surface area contributed by atoms with Crippen molar-refractivity contribution in [2.75, 3.05) is 10.6 Å². The summed E-state index contributed by atoms with van der Waals surface area (Å²) in [5, 5.41) is 16.3. The lowest BCUT2D eigenvalue weighted by molar-refractivity contribution is -0.141. The van der Waals surface area contributed by atoms with E-state index in [2.05, 4.69) is 30.6 Å². The molecule has 10 heteroatoms. The molecular weight excluding hydrogens is 409 g/mol. The van der Waals surface area contributed by atoms with Crippen LogP contribution in [-0.2, 0) is 11.8 Å². The molecule has 0 bridgehead atoms. The smallest absolute Gasteiger partial charge is 0.385 e. The van der Waals surface area contributed by atoms with E-state index in [0.717, 1.165) is 17.8 Å². The number of aromatic nitrogens is 4. The van der Waals surface area contributed by atoms with Gasteiger partial charge in [0.2, 0.25) is 11.9 Å². The highest BCUT2D eigenvalue weighted by atomic mass is 19.4. The van der Waals surface area contributed by atoms with Crippen molar-refractivity contribution >= 4 is 17.6 Å². The third-order valence-corrected chi connectivity index (χ3v) is 4.74. The second kappa shape index (κ2) is 7.77. The maximum atomic E-state index is 13.0. The van der Waals surface area contributed by atoms with Gasteiger partial charge in [-0.2, -0.15) is 28.1 Å². The molecule has 0 radical (unpaired) electrons. The van der Waals surface area contributed by atoms with Gasteiger partial charge in [0.25, 0.3) is 0 Å². The molecule has 1 aliphatic rings. The zero-order valence-corrected chi connectivity index (χ0v) is 16.9. The van der Waals surface area contributed by atoms with Crippen LogP contribution in [0.5, 0.6) is 0 Å². The number of hydrogen-bond acceptors (Lipinski definition) is 7. The van der Waals surface area contributed by atoms with Gasteiger partial charge in [0.15, 0.2) is 5.82 Å². The van der Waals surface area contributed by atoms with Crippen LogP contribution in [-0.4, -0.2) is 31.1 Å². The highest BCUT2D eigenvalue weighted by Gasteiger charge is 2.42. The normalized spacial score (nSPS) is 15.1. The molecular formula is C21H21F3N6O. The SMILES string of the molecule is CC(C)Nc1nc(Nc2ccnc(C(F)(F)F)c2)nc(-c2cccc(C3(O)CC3)c2)n1. The molecule has 1 aliphatic carbocycles. The van der Waals surface area contributed by atoms with Crippen molar-refractivity contribution in [3.63, 3.8) is 0 Å². The summed E-state index contributed by atoms with van der Waals surface area (Å²) in [6.45, 7) is 3.83. The molecule has 0 spiro atoms. The quantitative estimate of drug-likeness (QED) is 0.530. The van der Waals surface area contributed by atoms with E-state index >= 15 is 0 Å². The number of anilines is 3. The van der Waals surface area contributed by atoms with Crippen LogP contribution in [0.15, 0.2) is 42.6 Å². The summed E-state index contributed by atoms with van der Waals surface area (Å²) >= 11 is 0. The lowest BCUT2D eigenvalue weighted by Crippen LogP contribution is -2.15. The van der Waals surface area contributed by atoms with Crippen molar-refractivity contribution in [3.8, 4) is 11.4 Å². The fourth-order valence-electron chi connectivity index (χ4n) is 3.03. The van der Waals surface area contributed by atoms with Crippen molar-refractivity contribution in [2.45, 2.75) is 44.5 Å². The molecule has 0 amide bonds. The number of halogens is 3. The monoisotopic (exact) mass is 430 g/mol. The minimum absolute atomic E-state index is 0.0272. The first-order valence-electron chi connectivity index (χ1n) is 9.79. The molecule has 3 aromatic rings. The van der Waals surface area contributed by atoms with Gasteiger partial charge in [-0.15, -0.1) is 0 Å². The molecule has 0 unspecified atom stereocenters. The lowest BCUT2D eigenvalue weighted by Gasteiger charge is -2.14. The van der Waals surface area contributed by atoms with E-state index in [-0.39, 0.29) is 23.6 Å². The van der Waals surface area contributed by atoms with Gasteiger partial charge in [-0.05, 0) is 50.5 Å². The van der Waals surface area contributed by atoms with E-state index in [1.165, 1.54) is 6.07 Å². The standard InChI is InChI=1S/C21H21F3N6O/c1-12(2)26-18-28-17(13-4-3-5-14(10-13)20(31)7-8-20)29-19(30-18)27-15-6-9-25-16(11-15)21(22,23)24/h3-6,9-12,31H,7-8H2,1-2H3,(H2,25,26,27,28,29,30). The van der Waals surface area contributed by atoms with Crippen LogP contribution in [0, 0.1) is 0 Å². The van der Waals surface area contributed by atoms with Gasteiger partial charge in [0, 0.05) is 23.5 Å². The average Bonchev–Trinajstić information content (AvgIpc) is 3.46. The molecule has 2 aromatic heterocycles. The molecule has 0 atom stereocenters. The summed E-state index contributed by atoms with van der Waals surface area (Å²) in [6, 6.07) is 9.60. The topological polar surface area (TPSA) is 95.9 Å². The molecule has 3 N–H and O–H groups in total. The predicted molar refractivity (Wildman–Crippen MR) is 110 cm³/mol. The van der Waals surface area contributed by atoms with Crippen molar-refractivity contribution in [1.82, 2.24) is 19.9 Å². The zero-order chi connectivity index (χ0) is 22.2. The van der Waals surface area contributed by atoms with Gasteiger partial charge in [-0.25, -0.2) is 0 Å². The highest BCUT2D eigenvalue weighted by molar-refractivity contribution is 5.62. The Morgan fingerprint density at radius 1 is 1.03 bits per heavy atom. The molecule has 162 valence electrons. The minimum atomic E-state index is -4.56. The van der Waals surface area contributed by atoms with Crippen LogP contribution in [0.25, 0.3) is 11.4 Å². The Bertz CT molecular complexity index is 1100. The Morgan fingerprint density at radius 2 is 1.77 bits per heavy atom. The van der Waals surface area contributed by atoms with E-state index in [0.29, 0.717) is 24.2 Å². The van der Waals surface area contributed by atoms with E-state index in [1.54, 1.807) is 0 Å². The lowest BCUT2D eigenvalue weighted by atomic mass is 10.0. The maximum absolute atomic E-state index is 13.0. The van der Waals surface area contributed by atoms with E-state index < -0.39 is 17.5 Å². The number of benzene rings is 1. The molecule has 1 aromatic carbocycles. The summed E-state index contributed by atoms with van der Waals surface area (Å²) in [5.41, 5.74) is -0.231. The van der Waals surface area contributed by atoms with Crippen LogP contribution >= 0.6 is 0 Å². The molecule has 1 fully saturated rings. The van der Waals surface area contributed by atoms with Crippen molar-refractivity contribution < 1.29 is 18.3 Å². The fourth-order valence-corrected chi connectivity index (χ4v) is 3.03. The average molecular weight is 430 g/mol. The van der Waals surface area contributed by atoms with Crippen LogP contribution in [0.4, 0.5) is 30.8 Å². The van der Waals surface area contributed by atoms with Gasteiger partial charge in [0.05, 0.1) is 5.60 Å². The number of aliphatic hydroxyl groups is 1. The van der Waals surface area contributed by atoms with Gasteiger partial charge in [-0.3, -0.25) is 4.98 Å². The third kappa shape index (κ3) is 4.91. The summed E-state index contributed by atoms with van der Waals surface area (Å²) in [5.74, 6) is 0.697. The highest BCUT2D eigenvalue weighted by Crippen LogP contribution is 2.45. The first-order valence-corrected chi connectivity index (χ1v) is 9.79. The zero-order valence-electron chi connectivity index (χ0n) is 16.9. The summed E-state index contributed by atoms with van der Waals surface area (Å²) in [6.07, 6.45) is -2.09. The fraction of sp³-hybridized carbons (Fsp3) is 0.333. The molecule has 2 heterocycles. The predicted octanol–water partition coefficient (Wildman–Crippen LogP) is 4.50. The number of rotatable bonds is 6. The van der Waals surface area contributed by atoms with E-state index in [9.17, 15) is 18.3 Å². The number of alkyl halides is 3. The number of nitrogens with one attached hydrogen (secondary N) is 2. The molecule has 31 heavy (non-hydrogen) atoms. The van der Waals surface area contributed by atoms with Crippen molar-refractivity contribution in [1.29, 1.82) is 0 Å². The van der Waals surface area contributed by atoms with Crippen LogP contribution < -0.4 is 10.6 Å². The Balaban J connectivity index is 1.70. The van der Waals surface area contributed by atoms with Gasteiger partial charge >= 0.3 is 6.18 Å². The second-order valence-electron chi connectivity index (χ2n) is 7.77. The van der Waals surface area contributed by atoms with Crippen LogP contribution in [0.2, 0.25) is 0 Å². The molecule has 1 saturated carbocycles. The minimum Gasteiger partial charge on any atom is -0.385 e. The van der Waals surface area contributed by atoms with E-state index in [1.807, 2.05) is 38.1 Å². The van der Waals surface area contributed by atoms with Crippen LogP contribution in [0.1, 0.15) is 37.9 Å². The van der Waals surface area contributed by atoms with Gasteiger partial charge < -0.3 is 15.7 Å². The number of nitrogens with zero attached hydrogens (tertiary/aromatic N) is 4. The second-order valence-corrected chi connectivity index (χ2v) is 7.77. The molecule has 0 saturated heterocycles. The first-order chi connectivity index (χ1) is 14.6. The van der Waals surface area contributed by atoms with Gasteiger partial charge in [-0.1, -0.05) is 18.2 Å². The van der Waals surface area contributed by atoms with Crippen LogP contribution in [0.3, 0.4) is 0 Å². The van der Waals surface area contributed by atoms with Crippen molar-refractivity contribution in [2.24, 2.45) is 0 Å². The summed E-state index contributed by atoms with van der Waals surface area (Å²) in [7, 11) is 0.